The molecule has 0 atom stereocenters. The Kier molecular flexibility index (Phi) is 3.92. The van der Waals surface area contributed by atoms with Gasteiger partial charge in [0, 0.05) is 0 Å². The van der Waals surface area contributed by atoms with E-state index in [0.717, 1.165) is 49.3 Å². The van der Waals surface area contributed by atoms with E-state index in [1.807, 2.05) is 6.07 Å². The van der Waals surface area contributed by atoms with E-state index in [0.29, 0.717) is 0 Å². The minimum atomic E-state index is -0.0751. The minimum absolute atomic E-state index is 0.0598. The van der Waals surface area contributed by atoms with Gasteiger partial charge in [0.15, 0.2) is 0 Å². The van der Waals surface area contributed by atoms with Crippen LogP contribution in [-0.2, 0) is 16.1 Å². The molecule has 112 valence electrons. The predicted octanol–water partition coefficient (Wildman–Crippen LogP) is 2.26. The van der Waals surface area contributed by atoms with Crippen LogP contribution in [0.5, 0.6) is 0 Å². The number of methoxy groups -OCH3 is 1. The van der Waals surface area contributed by atoms with Gasteiger partial charge in [0.1, 0.15) is 5.82 Å². The van der Waals surface area contributed by atoms with Crippen LogP contribution in [-0.4, -0.2) is 41.0 Å². The Labute approximate surface area is 124 Å². The van der Waals surface area contributed by atoms with Crippen molar-refractivity contribution in [2.45, 2.75) is 26.3 Å². The van der Waals surface area contributed by atoms with Crippen molar-refractivity contribution in [3.63, 3.8) is 0 Å². The second-order valence-electron chi connectivity index (χ2n) is 5.78. The third-order valence-corrected chi connectivity index (χ3v) is 4.18. The SMILES string of the molecule is COC(=O)C1CCN(Cc2nc3ccc(C)cc3[nH]2)CC1. The summed E-state index contributed by atoms with van der Waals surface area (Å²) in [6.07, 6.45) is 1.73. The largest absolute Gasteiger partial charge is 0.469 e. The molecule has 3 rings (SSSR count). The van der Waals surface area contributed by atoms with Crippen LogP contribution in [0.4, 0.5) is 0 Å². The highest BCUT2D eigenvalue weighted by molar-refractivity contribution is 5.75. The first kappa shape index (κ1) is 14.1. The number of carbonyl (C=O) groups excluding carboxylic acids is 1. The maximum absolute atomic E-state index is 11.5. The molecule has 1 aromatic carbocycles. The van der Waals surface area contributed by atoms with E-state index in [9.17, 15) is 4.79 Å². The number of carbonyl (C=O) groups is 1. The van der Waals surface area contributed by atoms with Gasteiger partial charge in [-0.05, 0) is 50.6 Å². The number of hydrogen-bond donors (Lipinski definition) is 1. The molecule has 0 spiro atoms. The molecule has 5 nitrogen and oxygen atoms in total. The lowest BCUT2D eigenvalue weighted by Crippen LogP contribution is -2.36. The van der Waals surface area contributed by atoms with Gasteiger partial charge < -0.3 is 9.72 Å². The molecule has 2 aromatic rings. The normalized spacial score (nSPS) is 17.2. The molecule has 1 aliphatic rings. The van der Waals surface area contributed by atoms with E-state index in [2.05, 4.69) is 33.9 Å². The summed E-state index contributed by atoms with van der Waals surface area (Å²) in [5, 5.41) is 0. The highest BCUT2D eigenvalue weighted by atomic mass is 16.5. The van der Waals surface area contributed by atoms with Gasteiger partial charge >= 0.3 is 5.97 Å². The number of aryl methyl sites for hydroxylation is 1. The van der Waals surface area contributed by atoms with Crippen LogP contribution in [0.1, 0.15) is 24.2 Å². The van der Waals surface area contributed by atoms with Gasteiger partial charge in [0.05, 0.1) is 30.6 Å². The van der Waals surface area contributed by atoms with Gasteiger partial charge in [-0.1, -0.05) is 6.07 Å². The molecular weight excluding hydrogens is 266 g/mol. The Morgan fingerprint density at radius 3 is 2.90 bits per heavy atom. The van der Waals surface area contributed by atoms with Gasteiger partial charge in [0.2, 0.25) is 0 Å². The Morgan fingerprint density at radius 2 is 2.19 bits per heavy atom. The number of fused-ring (bicyclic) bond motifs is 1. The van der Waals surface area contributed by atoms with Gasteiger partial charge in [-0.3, -0.25) is 9.69 Å². The number of rotatable bonds is 3. The molecule has 1 saturated heterocycles. The number of H-pyrrole nitrogens is 1. The molecule has 2 heterocycles. The topological polar surface area (TPSA) is 58.2 Å². The van der Waals surface area contributed by atoms with Crippen molar-refractivity contribution in [3.05, 3.63) is 29.6 Å². The summed E-state index contributed by atoms with van der Waals surface area (Å²) in [5.41, 5.74) is 3.34. The van der Waals surface area contributed by atoms with Gasteiger partial charge in [-0.25, -0.2) is 4.98 Å². The number of hydrogen-bond acceptors (Lipinski definition) is 4. The summed E-state index contributed by atoms with van der Waals surface area (Å²) in [7, 11) is 1.46. The average molecular weight is 287 g/mol. The molecule has 0 radical (unpaired) electrons. The standard InChI is InChI=1S/C16H21N3O2/c1-11-3-4-13-14(9-11)18-15(17-13)10-19-7-5-12(6-8-19)16(20)21-2/h3-4,9,12H,5-8,10H2,1-2H3,(H,17,18). The van der Waals surface area contributed by atoms with Gasteiger partial charge in [0.25, 0.3) is 0 Å². The van der Waals surface area contributed by atoms with Crippen molar-refractivity contribution in [1.82, 2.24) is 14.9 Å². The molecule has 5 heteroatoms. The molecule has 0 bridgehead atoms. The van der Waals surface area contributed by atoms with E-state index in [4.69, 9.17) is 4.74 Å². The first-order chi connectivity index (χ1) is 10.2. The third-order valence-electron chi connectivity index (χ3n) is 4.18. The molecule has 0 amide bonds. The number of nitrogens with one attached hydrogen (secondary N) is 1. The van der Waals surface area contributed by atoms with Crippen molar-refractivity contribution < 1.29 is 9.53 Å². The third kappa shape index (κ3) is 3.08. The lowest BCUT2D eigenvalue weighted by molar-refractivity contribution is -0.147. The number of piperidine rings is 1. The van der Waals surface area contributed by atoms with Crippen molar-refractivity contribution in [1.29, 1.82) is 0 Å². The fourth-order valence-electron chi connectivity index (χ4n) is 2.96. The molecule has 21 heavy (non-hydrogen) atoms. The van der Waals surface area contributed by atoms with E-state index >= 15 is 0 Å². The van der Waals surface area contributed by atoms with Crippen LogP contribution >= 0.6 is 0 Å². The number of benzene rings is 1. The van der Waals surface area contributed by atoms with Crippen molar-refractivity contribution >= 4 is 17.0 Å². The van der Waals surface area contributed by atoms with Crippen LogP contribution in [0.25, 0.3) is 11.0 Å². The summed E-state index contributed by atoms with van der Waals surface area (Å²) in [5.74, 6) is 0.977. The molecule has 1 fully saturated rings. The molecule has 1 N–H and O–H groups in total. The predicted molar refractivity (Wildman–Crippen MR) is 80.8 cm³/mol. The summed E-state index contributed by atoms with van der Waals surface area (Å²) < 4.78 is 4.82. The van der Waals surface area contributed by atoms with E-state index in [-0.39, 0.29) is 11.9 Å². The van der Waals surface area contributed by atoms with Crippen LogP contribution < -0.4 is 0 Å². The molecule has 1 aliphatic heterocycles. The van der Waals surface area contributed by atoms with Crippen LogP contribution in [0, 0.1) is 12.8 Å². The fourth-order valence-corrected chi connectivity index (χ4v) is 2.96. The quantitative estimate of drug-likeness (QED) is 0.880. The van der Waals surface area contributed by atoms with Crippen molar-refractivity contribution in [2.24, 2.45) is 5.92 Å². The van der Waals surface area contributed by atoms with Gasteiger partial charge in [-0.2, -0.15) is 0 Å². The maximum atomic E-state index is 11.5. The Balaban J connectivity index is 1.63. The monoisotopic (exact) mass is 287 g/mol. The van der Waals surface area contributed by atoms with Crippen molar-refractivity contribution in [3.8, 4) is 0 Å². The molecule has 0 unspecified atom stereocenters. The Bertz CT molecular complexity index is 642. The minimum Gasteiger partial charge on any atom is -0.469 e. The zero-order chi connectivity index (χ0) is 14.8. The van der Waals surface area contributed by atoms with E-state index in [1.165, 1.54) is 12.7 Å². The highest BCUT2D eigenvalue weighted by Crippen LogP contribution is 2.20. The lowest BCUT2D eigenvalue weighted by Gasteiger charge is -2.29. The number of imidazole rings is 1. The zero-order valence-corrected chi connectivity index (χ0v) is 12.6. The Hall–Kier alpha value is -1.88. The van der Waals surface area contributed by atoms with E-state index < -0.39 is 0 Å². The summed E-state index contributed by atoms with van der Waals surface area (Å²) >= 11 is 0. The first-order valence-electron chi connectivity index (χ1n) is 7.41. The average Bonchev–Trinajstić information content (AvgIpc) is 2.88. The van der Waals surface area contributed by atoms with Crippen LogP contribution in [0.3, 0.4) is 0 Å². The highest BCUT2D eigenvalue weighted by Gasteiger charge is 2.25. The zero-order valence-electron chi connectivity index (χ0n) is 12.6. The van der Waals surface area contributed by atoms with Gasteiger partial charge in [-0.15, -0.1) is 0 Å². The number of esters is 1. The maximum Gasteiger partial charge on any atom is 0.308 e. The fraction of sp³-hybridized carbons (Fsp3) is 0.500. The number of ether oxygens (including phenoxy) is 1. The number of nitrogens with zero attached hydrogens (tertiary/aromatic N) is 2. The molecule has 0 saturated carbocycles. The van der Waals surface area contributed by atoms with Crippen LogP contribution in [0.2, 0.25) is 0 Å². The second-order valence-corrected chi connectivity index (χ2v) is 5.78. The summed E-state index contributed by atoms with van der Waals surface area (Å²) in [6, 6.07) is 6.25. The smallest absolute Gasteiger partial charge is 0.308 e. The molecule has 0 aliphatic carbocycles. The molecule has 1 aromatic heterocycles. The lowest BCUT2D eigenvalue weighted by atomic mass is 9.97. The first-order valence-corrected chi connectivity index (χ1v) is 7.41. The summed E-state index contributed by atoms with van der Waals surface area (Å²) in [6.45, 7) is 4.71. The van der Waals surface area contributed by atoms with Crippen molar-refractivity contribution in [2.75, 3.05) is 20.2 Å². The number of likely N-dealkylation sites (tertiary alicyclic amines) is 1. The van der Waals surface area contributed by atoms with E-state index in [1.54, 1.807) is 0 Å². The molecular formula is C16H21N3O2. The Morgan fingerprint density at radius 1 is 1.43 bits per heavy atom. The van der Waals surface area contributed by atoms with Crippen LogP contribution in [0.15, 0.2) is 18.2 Å². The number of aromatic amines is 1. The second kappa shape index (κ2) is 5.85. The number of aromatic nitrogens is 2. The summed E-state index contributed by atoms with van der Waals surface area (Å²) in [4.78, 5) is 21.9.